The van der Waals surface area contributed by atoms with Crippen molar-refractivity contribution in [3.05, 3.63) is 16.7 Å². The van der Waals surface area contributed by atoms with Gasteiger partial charge in [0, 0.05) is 6.61 Å². The summed E-state index contributed by atoms with van der Waals surface area (Å²) in [6, 6.07) is 2.02. The van der Waals surface area contributed by atoms with Crippen LogP contribution in [0.25, 0.3) is 10.2 Å². The Morgan fingerprint density at radius 3 is 3.17 bits per heavy atom. The second kappa shape index (κ2) is 4.64. The number of aromatic nitrogens is 2. The third-order valence-corrected chi connectivity index (χ3v) is 4.13. The third kappa shape index (κ3) is 2.30. The van der Waals surface area contributed by atoms with E-state index in [4.69, 9.17) is 16.3 Å². The molecule has 18 heavy (non-hydrogen) atoms. The number of rotatable bonds is 2. The Hall–Kier alpha value is -0.910. The summed E-state index contributed by atoms with van der Waals surface area (Å²) in [5, 5.41) is 6.78. The molecule has 6 heteroatoms. The van der Waals surface area contributed by atoms with Gasteiger partial charge in [0.15, 0.2) is 0 Å². The average molecular weight is 284 g/mol. The maximum Gasteiger partial charge on any atom is 0.225 e. The SMILES string of the molecule is CC1(Nc2nc(Cl)nc3sccc23)CCCOC1. The van der Waals surface area contributed by atoms with Crippen LogP contribution >= 0.6 is 22.9 Å². The van der Waals surface area contributed by atoms with E-state index in [1.807, 2.05) is 11.4 Å². The highest BCUT2D eigenvalue weighted by Gasteiger charge is 2.28. The molecular formula is C12H14ClN3OS. The molecule has 0 saturated carbocycles. The van der Waals surface area contributed by atoms with E-state index in [-0.39, 0.29) is 10.8 Å². The largest absolute Gasteiger partial charge is 0.379 e. The van der Waals surface area contributed by atoms with Gasteiger partial charge in [-0.05, 0) is 42.8 Å². The number of hydrogen-bond donors (Lipinski definition) is 1. The van der Waals surface area contributed by atoms with Crippen LogP contribution in [0, 0.1) is 0 Å². The monoisotopic (exact) mass is 283 g/mol. The van der Waals surface area contributed by atoms with Gasteiger partial charge in [-0.1, -0.05) is 0 Å². The van der Waals surface area contributed by atoms with Crippen molar-refractivity contribution in [3.8, 4) is 0 Å². The molecule has 1 fully saturated rings. The van der Waals surface area contributed by atoms with Crippen molar-refractivity contribution in [2.45, 2.75) is 25.3 Å². The van der Waals surface area contributed by atoms with E-state index in [1.165, 1.54) is 0 Å². The molecule has 0 radical (unpaired) electrons. The molecule has 2 aromatic rings. The van der Waals surface area contributed by atoms with E-state index in [2.05, 4.69) is 22.2 Å². The molecule has 1 N–H and O–H groups in total. The summed E-state index contributed by atoms with van der Waals surface area (Å²) < 4.78 is 5.54. The van der Waals surface area contributed by atoms with Gasteiger partial charge in [-0.2, -0.15) is 0 Å². The fraction of sp³-hybridized carbons (Fsp3) is 0.500. The lowest BCUT2D eigenvalue weighted by Gasteiger charge is -2.34. The zero-order valence-electron chi connectivity index (χ0n) is 10.1. The van der Waals surface area contributed by atoms with Gasteiger partial charge in [0.1, 0.15) is 10.6 Å². The number of anilines is 1. The van der Waals surface area contributed by atoms with Crippen molar-refractivity contribution < 1.29 is 4.74 Å². The normalized spacial score (nSPS) is 24.3. The molecule has 2 aromatic heterocycles. The molecular weight excluding hydrogens is 270 g/mol. The molecule has 4 nitrogen and oxygen atoms in total. The summed E-state index contributed by atoms with van der Waals surface area (Å²) in [5.74, 6) is 0.805. The van der Waals surface area contributed by atoms with E-state index < -0.39 is 0 Å². The van der Waals surface area contributed by atoms with E-state index in [1.54, 1.807) is 11.3 Å². The van der Waals surface area contributed by atoms with Gasteiger partial charge in [0.05, 0.1) is 17.5 Å². The summed E-state index contributed by atoms with van der Waals surface area (Å²) in [4.78, 5) is 9.44. The standard InChI is InChI=1S/C12H14ClN3OS/c1-12(4-2-5-17-7-12)16-9-8-3-6-18-10(8)15-11(13)14-9/h3,6H,2,4-5,7H2,1H3,(H,14,15,16). The van der Waals surface area contributed by atoms with E-state index >= 15 is 0 Å². The summed E-state index contributed by atoms with van der Waals surface area (Å²) in [5.41, 5.74) is -0.0786. The third-order valence-electron chi connectivity index (χ3n) is 3.16. The van der Waals surface area contributed by atoms with Crippen molar-refractivity contribution in [3.63, 3.8) is 0 Å². The van der Waals surface area contributed by atoms with Crippen molar-refractivity contribution >= 4 is 39.0 Å². The molecule has 1 atom stereocenters. The van der Waals surface area contributed by atoms with Crippen LogP contribution in [-0.2, 0) is 4.74 Å². The molecule has 3 heterocycles. The summed E-state index contributed by atoms with van der Waals surface area (Å²) in [6.45, 7) is 3.69. The molecule has 0 aliphatic carbocycles. The molecule has 3 rings (SSSR count). The first-order valence-corrected chi connectivity index (χ1v) is 7.19. The summed E-state index contributed by atoms with van der Waals surface area (Å²) in [6.07, 6.45) is 2.13. The summed E-state index contributed by atoms with van der Waals surface area (Å²) in [7, 11) is 0. The Labute approximate surface area is 114 Å². The van der Waals surface area contributed by atoms with Gasteiger partial charge in [-0.3, -0.25) is 0 Å². The Balaban J connectivity index is 1.96. The van der Waals surface area contributed by atoms with Gasteiger partial charge >= 0.3 is 0 Å². The minimum Gasteiger partial charge on any atom is -0.379 e. The second-order valence-electron chi connectivity index (χ2n) is 4.82. The van der Waals surface area contributed by atoms with Crippen LogP contribution in [0.1, 0.15) is 19.8 Å². The smallest absolute Gasteiger partial charge is 0.225 e. The van der Waals surface area contributed by atoms with Gasteiger partial charge in [-0.25, -0.2) is 9.97 Å². The van der Waals surface area contributed by atoms with Gasteiger partial charge in [0.25, 0.3) is 0 Å². The second-order valence-corrected chi connectivity index (χ2v) is 6.06. The predicted molar refractivity (Wildman–Crippen MR) is 74.5 cm³/mol. The molecule has 1 unspecified atom stereocenters. The fourth-order valence-electron chi connectivity index (χ4n) is 2.24. The van der Waals surface area contributed by atoms with Crippen molar-refractivity contribution in [1.82, 2.24) is 9.97 Å². The Morgan fingerprint density at radius 1 is 1.50 bits per heavy atom. The van der Waals surface area contributed by atoms with Crippen molar-refractivity contribution in [2.75, 3.05) is 18.5 Å². The zero-order chi connectivity index (χ0) is 12.6. The maximum absolute atomic E-state index is 5.96. The maximum atomic E-state index is 5.96. The quantitative estimate of drug-likeness (QED) is 0.859. The van der Waals surface area contributed by atoms with Gasteiger partial charge in [0.2, 0.25) is 5.28 Å². The number of halogens is 1. The van der Waals surface area contributed by atoms with Crippen LogP contribution in [0.2, 0.25) is 5.28 Å². The molecule has 1 aliphatic heterocycles. The minimum absolute atomic E-state index is 0.0786. The van der Waals surface area contributed by atoms with Crippen LogP contribution in [0.3, 0.4) is 0 Å². The predicted octanol–water partition coefficient (Wildman–Crippen LogP) is 3.33. The van der Waals surface area contributed by atoms with Crippen LogP contribution in [-0.4, -0.2) is 28.7 Å². The van der Waals surface area contributed by atoms with Crippen molar-refractivity contribution in [2.24, 2.45) is 0 Å². The number of nitrogens with one attached hydrogen (secondary N) is 1. The molecule has 0 amide bonds. The van der Waals surface area contributed by atoms with Crippen LogP contribution in [0.4, 0.5) is 5.82 Å². The number of hydrogen-bond acceptors (Lipinski definition) is 5. The first-order chi connectivity index (χ1) is 8.66. The highest BCUT2D eigenvalue weighted by molar-refractivity contribution is 7.16. The lowest BCUT2D eigenvalue weighted by Crippen LogP contribution is -2.43. The lowest BCUT2D eigenvalue weighted by molar-refractivity contribution is 0.0539. The molecule has 0 aromatic carbocycles. The van der Waals surface area contributed by atoms with E-state index in [9.17, 15) is 0 Å². The Morgan fingerprint density at radius 2 is 2.39 bits per heavy atom. The average Bonchev–Trinajstić information content (AvgIpc) is 2.77. The molecule has 96 valence electrons. The lowest BCUT2D eigenvalue weighted by atomic mass is 9.95. The number of thiophene rings is 1. The molecule has 0 spiro atoms. The number of fused-ring (bicyclic) bond motifs is 1. The molecule has 0 bridgehead atoms. The first-order valence-electron chi connectivity index (χ1n) is 5.93. The van der Waals surface area contributed by atoms with Crippen LogP contribution in [0.5, 0.6) is 0 Å². The van der Waals surface area contributed by atoms with Gasteiger partial charge in [-0.15, -0.1) is 11.3 Å². The Bertz CT molecular complexity index is 565. The first kappa shape index (κ1) is 12.1. The van der Waals surface area contributed by atoms with E-state index in [0.29, 0.717) is 6.61 Å². The van der Waals surface area contributed by atoms with Gasteiger partial charge < -0.3 is 10.1 Å². The minimum atomic E-state index is -0.0786. The molecule has 1 saturated heterocycles. The van der Waals surface area contributed by atoms with Crippen LogP contribution in [0.15, 0.2) is 11.4 Å². The fourth-order valence-corrected chi connectivity index (χ4v) is 3.23. The number of nitrogens with zero attached hydrogens (tertiary/aromatic N) is 2. The molecule has 1 aliphatic rings. The van der Waals surface area contributed by atoms with E-state index in [0.717, 1.165) is 35.5 Å². The highest BCUT2D eigenvalue weighted by atomic mass is 35.5. The highest BCUT2D eigenvalue weighted by Crippen LogP contribution is 2.30. The van der Waals surface area contributed by atoms with Crippen molar-refractivity contribution in [1.29, 1.82) is 0 Å². The summed E-state index contributed by atoms with van der Waals surface area (Å²) >= 11 is 7.53. The van der Waals surface area contributed by atoms with Crippen LogP contribution < -0.4 is 5.32 Å². The topological polar surface area (TPSA) is 47.0 Å². The zero-order valence-corrected chi connectivity index (χ0v) is 11.6. The number of ether oxygens (including phenoxy) is 1. The Kier molecular flexibility index (Phi) is 3.13.